The van der Waals surface area contributed by atoms with E-state index >= 15 is 0 Å². The van der Waals surface area contributed by atoms with Crippen molar-refractivity contribution in [3.63, 3.8) is 0 Å². The van der Waals surface area contributed by atoms with Crippen LogP contribution in [0.15, 0.2) is 36.7 Å². The summed E-state index contributed by atoms with van der Waals surface area (Å²) in [6.45, 7) is 1.32. The van der Waals surface area contributed by atoms with Gasteiger partial charge >= 0.3 is 5.97 Å². The summed E-state index contributed by atoms with van der Waals surface area (Å²) in [5, 5.41) is 5.70. The third kappa shape index (κ3) is 5.25. The molecule has 1 aromatic carbocycles. The Kier molecular flexibility index (Phi) is 6.85. The van der Waals surface area contributed by atoms with Gasteiger partial charge in [0.25, 0.3) is 5.91 Å². The Labute approximate surface area is 145 Å². The van der Waals surface area contributed by atoms with Gasteiger partial charge in [0.1, 0.15) is 0 Å². The minimum Gasteiger partial charge on any atom is -0.465 e. The maximum Gasteiger partial charge on any atom is 0.339 e. The Balaban J connectivity index is 2.01. The van der Waals surface area contributed by atoms with Crippen molar-refractivity contribution >= 4 is 23.5 Å². The first kappa shape index (κ1) is 18.3. The first-order valence-corrected chi connectivity index (χ1v) is 7.69. The Bertz CT molecular complexity index is 719. The van der Waals surface area contributed by atoms with Crippen LogP contribution in [0, 0.1) is 0 Å². The second kappa shape index (κ2) is 9.33. The molecule has 0 aliphatic heterocycles. The molecule has 0 aliphatic rings. The van der Waals surface area contributed by atoms with Gasteiger partial charge in [-0.3, -0.25) is 4.79 Å². The lowest BCUT2D eigenvalue weighted by molar-refractivity contribution is 0.0602. The summed E-state index contributed by atoms with van der Waals surface area (Å²) in [7, 11) is 2.93. The molecule has 132 valence electrons. The van der Waals surface area contributed by atoms with Gasteiger partial charge in [0.05, 0.1) is 23.9 Å². The summed E-state index contributed by atoms with van der Waals surface area (Å²) in [5.41, 5.74) is 0.916. The minimum atomic E-state index is -0.525. The van der Waals surface area contributed by atoms with Crippen molar-refractivity contribution in [1.29, 1.82) is 0 Å². The van der Waals surface area contributed by atoms with Crippen LogP contribution in [0.25, 0.3) is 0 Å². The monoisotopic (exact) mass is 344 g/mol. The number of carbonyl (C=O) groups excluding carboxylic acids is 2. The molecule has 2 N–H and O–H groups in total. The van der Waals surface area contributed by atoms with Gasteiger partial charge in [0, 0.05) is 32.7 Å². The van der Waals surface area contributed by atoms with E-state index in [0.29, 0.717) is 24.8 Å². The van der Waals surface area contributed by atoms with E-state index in [0.717, 1.165) is 6.42 Å². The van der Waals surface area contributed by atoms with E-state index in [9.17, 15) is 9.59 Å². The van der Waals surface area contributed by atoms with Crippen molar-refractivity contribution in [3.05, 3.63) is 47.8 Å². The predicted octanol–water partition coefficient (Wildman–Crippen LogP) is 1.96. The molecular formula is C17H20N4O4. The average Bonchev–Trinajstić information content (AvgIpc) is 2.65. The van der Waals surface area contributed by atoms with Gasteiger partial charge in [0.15, 0.2) is 0 Å². The van der Waals surface area contributed by atoms with Gasteiger partial charge in [-0.2, -0.15) is 0 Å². The molecule has 0 saturated carbocycles. The standard InChI is InChI=1S/C17H20N4O4/c1-24-9-5-8-18-17-19-10-12(11-20-17)15(22)21-14-7-4-3-6-13(14)16(23)25-2/h3-4,6-7,10-11H,5,8-9H2,1-2H3,(H,21,22)(H,18,19,20). The number of nitrogens with one attached hydrogen (secondary N) is 2. The molecule has 1 amide bonds. The molecule has 0 unspecified atom stereocenters. The summed E-state index contributed by atoms with van der Waals surface area (Å²) >= 11 is 0. The number of anilines is 2. The fraction of sp³-hybridized carbons (Fsp3) is 0.294. The van der Waals surface area contributed by atoms with E-state index in [1.807, 2.05) is 0 Å². The molecule has 0 radical (unpaired) electrons. The summed E-state index contributed by atoms with van der Waals surface area (Å²) in [6, 6.07) is 6.60. The van der Waals surface area contributed by atoms with Crippen LogP contribution in [0.1, 0.15) is 27.1 Å². The highest BCUT2D eigenvalue weighted by Gasteiger charge is 2.14. The summed E-state index contributed by atoms with van der Waals surface area (Å²) in [5.74, 6) is -0.507. The maximum absolute atomic E-state index is 12.3. The SMILES string of the molecule is COCCCNc1ncc(C(=O)Nc2ccccc2C(=O)OC)cn1. The molecule has 0 spiro atoms. The number of amides is 1. The van der Waals surface area contributed by atoms with Crippen LogP contribution in [-0.2, 0) is 9.47 Å². The fourth-order valence-corrected chi connectivity index (χ4v) is 2.03. The zero-order valence-electron chi connectivity index (χ0n) is 14.1. The topological polar surface area (TPSA) is 102 Å². The normalized spacial score (nSPS) is 10.2. The minimum absolute atomic E-state index is 0.274. The van der Waals surface area contributed by atoms with E-state index in [1.165, 1.54) is 19.5 Å². The summed E-state index contributed by atoms with van der Waals surface area (Å²) in [6.07, 6.45) is 3.66. The van der Waals surface area contributed by atoms with E-state index in [1.54, 1.807) is 31.4 Å². The molecule has 0 saturated heterocycles. The van der Waals surface area contributed by atoms with Crippen molar-refractivity contribution < 1.29 is 19.1 Å². The maximum atomic E-state index is 12.3. The number of methoxy groups -OCH3 is 2. The van der Waals surface area contributed by atoms with Crippen molar-refractivity contribution in [1.82, 2.24) is 9.97 Å². The quantitative estimate of drug-likeness (QED) is 0.557. The van der Waals surface area contributed by atoms with Gasteiger partial charge in [-0.25, -0.2) is 14.8 Å². The van der Waals surface area contributed by atoms with Crippen molar-refractivity contribution in [3.8, 4) is 0 Å². The summed E-state index contributed by atoms with van der Waals surface area (Å²) < 4.78 is 9.66. The van der Waals surface area contributed by atoms with E-state index in [4.69, 9.17) is 9.47 Å². The second-order valence-corrected chi connectivity index (χ2v) is 5.06. The highest BCUT2D eigenvalue weighted by molar-refractivity contribution is 6.07. The Morgan fingerprint density at radius 1 is 1.12 bits per heavy atom. The average molecular weight is 344 g/mol. The second-order valence-electron chi connectivity index (χ2n) is 5.06. The lowest BCUT2D eigenvalue weighted by Crippen LogP contribution is -2.16. The smallest absolute Gasteiger partial charge is 0.339 e. The molecule has 2 aromatic rings. The molecule has 0 bridgehead atoms. The zero-order valence-corrected chi connectivity index (χ0v) is 14.1. The molecule has 0 atom stereocenters. The molecule has 0 fully saturated rings. The van der Waals surface area contributed by atoms with Crippen LogP contribution in [0.3, 0.4) is 0 Å². The van der Waals surface area contributed by atoms with Crippen LogP contribution in [-0.4, -0.2) is 49.2 Å². The van der Waals surface area contributed by atoms with Gasteiger partial charge in [-0.05, 0) is 18.6 Å². The lowest BCUT2D eigenvalue weighted by atomic mass is 10.1. The van der Waals surface area contributed by atoms with E-state index in [-0.39, 0.29) is 11.1 Å². The van der Waals surface area contributed by atoms with Crippen molar-refractivity contribution in [2.75, 3.05) is 38.0 Å². The predicted molar refractivity (Wildman–Crippen MR) is 92.7 cm³/mol. The largest absolute Gasteiger partial charge is 0.465 e. The highest BCUT2D eigenvalue weighted by atomic mass is 16.5. The third-order valence-corrected chi connectivity index (χ3v) is 3.30. The number of carbonyl (C=O) groups is 2. The lowest BCUT2D eigenvalue weighted by Gasteiger charge is -2.09. The van der Waals surface area contributed by atoms with Crippen LogP contribution < -0.4 is 10.6 Å². The number of hydrogen-bond donors (Lipinski definition) is 2. The van der Waals surface area contributed by atoms with E-state index < -0.39 is 11.9 Å². The number of benzene rings is 1. The molecular weight excluding hydrogens is 324 g/mol. The Morgan fingerprint density at radius 2 is 1.84 bits per heavy atom. The number of aromatic nitrogens is 2. The van der Waals surface area contributed by atoms with Gasteiger partial charge in [0.2, 0.25) is 5.95 Å². The molecule has 25 heavy (non-hydrogen) atoms. The molecule has 8 heteroatoms. The third-order valence-electron chi connectivity index (χ3n) is 3.30. The molecule has 0 aliphatic carbocycles. The van der Waals surface area contributed by atoms with Gasteiger partial charge in [-0.15, -0.1) is 0 Å². The number of ether oxygens (including phenoxy) is 2. The number of rotatable bonds is 8. The zero-order chi connectivity index (χ0) is 18.1. The molecule has 1 heterocycles. The molecule has 2 rings (SSSR count). The first-order valence-electron chi connectivity index (χ1n) is 7.69. The van der Waals surface area contributed by atoms with E-state index in [2.05, 4.69) is 20.6 Å². The van der Waals surface area contributed by atoms with Gasteiger partial charge < -0.3 is 20.1 Å². The first-order chi connectivity index (χ1) is 12.2. The summed E-state index contributed by atoms with van der Waals surface area (Å²) in [4.78, 5) is 32.2. The van der Waals surface area contributed by atoms with Crippen molar-refractivity contribution in [2.45, 2.75) is 6.42 Å². The number of para-hydroxylation sites is 1. The Morgan fingerprint density at radius 3 is 2.52 bits per heavy atom. The van der Waals surface area contributed by atoms with Crippen LogP contribution in [0.5, 0.6) is 0 Å². The van der Waals surface area contributed by atoms with Crippen LogP contribution >= 0.6 is 0 Å². The number of hydrogen-bond acceptors (Lipinski definition) is 7. The molecule has 1 aromatic heterocycles. The number of nitrogens with zero attached hydrogens (tertiary/aromatic N) is 2. The highest BCUT2D eigenvalue weighted by Crippen LogP contribution is 2.17. The Hall–Kier alpha value is -3.00. The van der Waals surface area contributed by atoms with Gasteiger partial charge in [-0.1, -0.05) is 12.1 Å². The number of esters is 1. The van der Waals surface area contributed by atoms with Crippen LogP contribution in [0.2, 0.25) is 0 Å². The molecule has 8 nitrogen and oxygen atoms in total. The fourth-order valence-electron chi connectivity index (χ4n) is 2.03. The van der Waals surface area contributed by atoms with Crippen LogP contribution in [0.4, 0.5) is 11.6 Å². The van der Waals surface area contributed by atoms with Crippen molar-refractivity contribution in [2.24, 2.45) is 0 Å².